The van der Waals surface area contributed by atoms with Crippen LogP contribution in [0, 0.1) is 5.92 Å². The van der Waals surface area contributed by atoms with Crippen molar-refractivity contribution in [3.05, 3.63) is 24.3 Å². The molecule has 0 saturated carbocycles. The summed E-state index contributed by atoms with van der Waals surface area (Å²) in [5.41, 5.74) is 3.17. The van der Waals surface area contributed by atoms with Gasteiger partial charge in [0.25, 0.3) is 0 Å². The van der Waals surface area contributed by atoms with Crippen LogP contribution < -0.4 is 11.3 Å². The molecule has 0 aliphatic rings. The molecular formula is C13H23N3O2S. The molecule has 0 spiro atoms. The highest BCUT2D eigenvalue weighted by molar-refractivity contribution is 7.89. The number of nitrogens with zero attached hydrogens (tertiary/aromatic N) is 1. The zero-order chi connectivity index (χ0) is 14.5. The molecular weight excluding hydrogens is 262 g/mol. The van der Waals surface area contributed by atoms with E-state index in [2.05, 4.69) is 19.3 Å². The first-order chi connectivity index (χ1) is 8.95. The third-order valence-electron chi connectivity index (χ3n) is 3.22. The topological polar surface area (TPSA) is 75.4 Å². The average Bonchev–Trinajstić information content (AvgIpc) is 2.44. The van der Waals surface area contributed by atoms with E-state index in [-0.39, 0.29) is 0 Å². The number of sulfonamides is 1. The van der Waals surface area contributed by atoms with E-state index in [9.17, 15) is 8.42 Å². The second-order valence-electron chi connectivity index (χ2n) is 4.64. The summed E-state index contributed by atoms with van der Waals surface area (Å²) in [6, 6.07) is 6.46. The highest BCUT2D eigenvalue weighted by Gasteiger charge is 2.23. The Balaban J connectivity index is 2.99. The molecule has 0 bridgehead atoms. The number of hydrazine groups is 1. The highest BCUT2D eigenvalue weighted by Crippen LogP contribution is 2.19. The molecule has 1 rings (SSSR count). The van der Waals surface area contributed by atoms with E-state index in [1.165, 1.54) is 4.31 Å². The van der Waals surface area contributed by atoms with Gasteiger partial charge in [0.05, 0.1) is 4.90 Å². The van der Waals surface area contributed by atoms with E-state index in [4.69, 9.17) is 5.84 Å². The molecule has 3 N–H and O–H groups in total. The van der Waals surface area contributed by atoms with Gasteiger partial charge in [-0.15, -0.1) is 0 Å². The Bertz CT molecular complexity index is 485. The van der Waals surface area contributed by atoms with Gasteiger partial charge in [-0.05, 0) is 30.2 Å². The van der Waals surface area contributed by atoms with Crippen LogP contribution in [0.5, 0.6) is 0 Å². The summed E-state index contributed by atoms with van der Waals surface area (Å²) in [6.07, 6.45) is 0.960. The first-order valence-electron chi connectivity index (χ1n) is 6.52. The lowest BCUT2D eigenvalue weighted by Crippen LogP contribution is -2.34. The molecule has 1 aromatic rings. The molecule has 1 aromatic carbocycles. The van der Waals surface area contributed by atoms with Gasteiger partial charge >= 0.3 is 0 Å². The summed E-state index contributed by atoms with van der Waals surface area (Å²) in [5, 5.41) is 0. The van der Waals surface area contributed by atoms with Crippen LogP contribution in [-0.2, 0) is 10.0 Å². The predicted molar refractivity (Wildman–Crippen MR) is 78.1 cm³/mol. The zero-order valence-electron chi connectivity index (χ0n) is 11.8. The van der Waals surface area contributed by atoms with Crippen LogP contribution in [0.15, 0.2) is 29.2 Å². The van der Waals surface area contributed by atoms with Crippen molar-refractivity contribution in [1.82, 2.24) is 4.31 Å². The number of nitrogens with two attached hydrogens (primary N) is 1. The maximum absolute atomic E-state index is 12.5. The minimum absolute atomic E-state index is 0.302. The zero-order valence-corrected chi connectivity index (χ0v) is 12.6. The first kappa shape index (κ1) is 15.9. The van der Waals surface area contributed by atoms with Gasteiger partial charge in [-0.2, -0.15) is 4.31 Å². The molecule has 0 amide bonds. The van der Waals surface area contributed by atoms with Crippen LogP contribution in [0.4, 0.5) is 5.69 Å². The Hall–Kier alpha value is -1.11. The Kier molecular flexibility index (Phi) is 5.78. The standard InChI is InChI=1S/C13H23N3O2S/c1-4-11(3)10-16(5-2)19(17,18)13-8-6-12(15-14)7-9-13/h6-9,11,15H,4-5,10,14H2,1-3H3. The van der Waals surface area contributed by atoms with Gasteiger partial charge in [0.1, 0.15) is 0 Å². The molecule has 0 aromatic heterocycles. The van der Waals surface area contributed by atoms with Gasteiger partial charge in [-0.3, -0.25) is 5.84 Å². The van der Waals surface area contributed by atoms with E-state index in [1.54, 1.807) is 24.3 Å². The summed E-state index contributed by atoms with van der Waals surface area (Å²) < 4.78 is 26.5. The number of hydrogen-bond acceptors (Lipinski definition) is 4. The van der Waals surface area contributed by atoms with Gasteiger partial charge in [0, 0.05) is 18.8 Å². The smallest absolute Gasteiger partial charge is 0.243 e. The van der Waals surface area contributed by atoms with E-state index < -0.39 is 10.0 Å². The number of nitrogen functional groups attached to an aromatic ring is 1. The van der Waals surface area contributed by atoms with Gasteiger partial charge in [0.2, 0.25) is 10.0 Å². The van der Waals surface area contributed by atoms with Gasteiger partial charge in [0.15, 0.2) is 0 Å². The van der Waals surface area contributed by atoms with E-state index in [0.717, 1.165) is 6.42 Å². The summed E-state index contributed by atoms with van der Waals surface area (Å²) in [4.78, 5) is 0.302. The lowest BCUT2D eigenvalue weighted by molar-refractivity contribution is 0.361. The minimum Gasteiger partial charge on any atom is -0.324 e. The molecule has 108 valence electrons. The van der Waals surface area contributed by atoms with Crippen molar-refractivity contribution in [1.29, 1.82) is 0 Å². The maximum Gasteiger partial charge on any atom is 0.243 e. The molecule has 0 radical (unpaired) electrons. The highest BCUT2D eigenvalue weighted by atomic mass is 32.2. The molecule has 19 heavy (non-hydrogen) atoms. The van der Waals surface area contributed by atoms with Gasteiger partial charge in [-0.25, -0.2) is 8.42 Å². The second-order valence-corrected chi connectivity index (χ2v) is 6.58. The number of nitrogens with one attached hydrogen (secondary N) is 1. The van der Waals surface area contributed by atoms with Crippen molar-refractivity contribution in [2.24, 2.45) is 11.8 Å². The molecule has 0 aliphatic heterocycles. The molecule has 1 atom stereocenters. The van der Waals surface area contributed by atoms with Crippen molar-refractivity contribution in [2.45, 2.75) is 32.1 Å². The molecule has 0 fully saturated rings. The molecule has 1 unspecified atom stereocenters. The number of rotatable bonds is 7. The quantitative estimate of drug-likeness (QED) is 0.594. The van der Waals surface area contributed by atoms with Crippen LogP contribution >= 0.6 is 0 Å². The molecule has 0 aliphatic carbocycles. The molecule has 0 saturated heterocycles. The Morgan fingerprint density at radius 1 is 1.26 bits per heavy atom. The normalized spacial score (nSPS) is 13.5. The number of hydrogen-bond donors (Lipinski definition) is 2. The van der Waals surface area contributed by atoms with Crippen LogP contribution in [0.25, 0.3) is 0 Å². The fraction of sp³-hybridized carbons (Fsp3) is 0.538. The van der Waals surface area contributed by atoms with Crippen LogP contribution in [0.1, 0.15) is 27.2 Å². The summed E-state index contributed by atoms with van der Waals surface area (Å²) >= 11 is 0. The van der Waals surface area contributed by atoms with Crippen LogP contribution in [0.3, 0.4) is 0 Å². The van der Waals surface area contributed by atoms with Crippen molar-refractivity contribution >= 4 is 15.7 Å². The largest absolute Gasteiger partial charge is 0.324 e. The Labute approximate surface area is 115 Å². The molecule has 5 nitrogen and oxygen atoms in total. The monoisotopic (exact) mass is 285 g/mol. The van der Waals surface area contributed by atoms with E-state index in [0.29, 0.717) is 29.6 Å². The third kappa shape index (κ3) is 3.92. The number of anilines is 1. The van der Waals surface area contributed by atoms with Crippen molar-refractivity contribution in [2.75, 3.05) is 18.5 Å². The van der Waals surface area contributed by atoms with Gasteiger partial charge in [-0.1, -0.05) is 27.2 Å². The first-order valence-corrected chi connectivity index (χ1v) is 7.96. The Morgan fingerprint density at radius 3 is 2.26 bits per heavy atom. The molecule has 0 heterocycles. The molecule has 6 heteroatoms. The fourth-order valence-electron chi connectivity index (χ4n) is 1.75. The lowest BCUT2D eigenvalue weighted by atomic mass is 10.1. The summed E-state index contributed by atoms with van der Waals surface area (Å²) in [6.45, 7) is 7.00. The van der Waals surface area contributed by atoms with Crippen molar-refractivity contribution < 1.29 is 8.42 Å². The van der Waals surface area contributed by atoms with E-state index >= 15 is 0 Å². The van der Waals surface area contributed by atoms with E-state index in [1.807, 2.05) is 6.92 Å². The lowest BCUT2D eigenvalue weighted by Gasteiger charge is -2.23. The van der Waals surface area contributed by atoms with Crippen molar-refractivity contribution in [3.8, 4) is 0 Å². The average molecular weight is 285 g/mol. The van der Waals surface area contributed by atoms with Crippen LogP contribution in [0.2, 0.25) is 0 Å². The SMILES string of the molecule is CCC(C)CN(CC)S(=O)(=O)c1ccc(NN)cc1. The summed E-state index contributed by atoms with van der Waals surface area (Å²) in [7, 11) is -3.42. The van der Waals surface area contributed by atoms with Crippen LogP contribution in [-0.4, -0.2) is 25.8 Å². The Morgan fingerprint density at radius 2 is 1.84 bits per heavy atom. The fourth-order valence-corrected chi connectivity index (χ4v) is 3.31. The number of benzene rings is 1. The second kappa shape index (κ2) is 6.88. The van der Waals surface area contributed by atoms with Gasteiger partial charge < -0.3 is 5.43 Å². The third-order valence-corrected chi connectivity index (χ3v) is 5.18. The maximum atomic E-state index is 12.5. The predicted octanol–water partition coefficient (Wildman–Crippen LogP) is 2.03. The van der Waals surface area contributed by atoms with Crippen molar-refractivity contribution in [3.63, 3.8) is 0 Å². The minimum atomic E-state index is -3.42. The summed E-state index contributed by atoms with van der Waals surface area (Å²) in [5.74, 6) is 5.62.